The van der Waals surface area contributed by atoms with E-state index in [1.807, 2.05) is 38.1 Å². The second kappa shape index (κ2) is 7.94. The van der Waals surface area contributed by atoms with Gasteiger partial charge in [-0.25, -0.2) is 13.1 Å². The van der Waals surface area contributed by atoms with E-state index in [0.29, 0.717) is 0 Å². The van der Waals surface area contributed by atoms with Crippen LogP contribution in [0.3, 0.4) is 0 Å². The van der Waals surface area contributed by atoms with Crippen molar-refractivity contribution in [2.75, 3.05) is 13.1 Å². The first-order chi connectivity index (χ1) is 12.9. The highest BCUT2D eigenvalue weighted by molar-refractivity contribution is 7.89. The van der Waals surface area contributed by atoms with Gasteiger partial charge in [0.05, 0.1) is 11.3 Å². The highest BCUT2D eigenvalue weighted by Crippen LogP contribution is 2.22. The Balaban J connectivity index is 1.52. The lowest BCUT2D eigenvalue weighted by Gasteiger charge is -2.08. The maximum atomic E-state index is 12.2. The number of fused-ring (bicyclic) bond motifs is 1. The molecule has 3 aromatic rings. The summed E-state index contributed by atoms with van der Waals surface area (Å²) < 4.78 is 26.9. The van der Waals surface area contributed by atoms with Gasteiger partial charge in [-0.1, -0.05) is 35.9 Å². The maximum Gasteiger partial charge on any atom is 0.240 e. The molecule has 7 heteroatoms. The minimum Gasteiger partial charge on any atom is -0.358 e. The number of carbonyl (C=O) groups is 1. The van der Waals surface area contributed by atoms with Crippen molar-refractivity contribution in [3.05, 3.63) is 65.4 Å². The van der Waals surface area contributed by atoms with Gasteiger partial charge in [-0.3, -0.25) is 4.79 Å². The fourth-order valence-corrected chi connectivity index (χ4v) is 4.01. The summed E-state index contributed by atoms with van der Waals surface area (Å²) >= 11 is 0. The Morgan fingerprint density at radius 3 is 2.44 bits per heavy atom. The van der Waals surface area contributed by atoms with Gasteiger partial charge < -0.3 is 10.3 Å². The van der Waals surface area contributed by atoms with Crippen molar-refractivity contribution in [1.82, 2.24) is 15.0 Å². The number of amides is 1. The summed E-state index contributed by atoms with van der Waals surface area (Å²) in [5.41, 5.74) is 3.92. The van der Waals surface area contributed by atoms with E-state index in [1.54, 1.807) is 24.3 Å². The number of para-hydroxylation sites is 1. The van der Waals surface area contributed by atoms with Crippen LogP contribution in [-0.2, 0) is 21.2 Å². The molecule has 27 heavy (non-hydrogen) atoms. The van der Waals surface area contributed by atoms with Gasteiger partial charge in [0.1, 0.15) is 0 Å². The summed E-state index contributed by atoms with van der Waals surface area (Å²) in [6.07, 6.45) is 0.251. The van der Waals surface area contributed by atoms with Crippen LogP contribution >= 0.6 is 0 Å². The van der Waals surface area contributed by atoms with Crippen LogP contribution < -0.4 is 10.0 Å². The number of aromatic nitrogens is 1. The predicted molar refractivity (Wildman–Crippen MR) is 106 cm³/mol. The Kier molecular flexibility index (Phi) is 5.62. The highest BCUT2D eigenvalue weighted by Gasteiger charge is 2.14. The molecule has 0 bridgehead atoms. The number of sulfonamides is 1. The van der Waals surface area contributed by atoms with E-state index >= 15 is 0 Å². The van der Waals surface area contributed by atoms with Crippen LogP contribution in [0.1, 0.15) is 16.8 Å². The number of aromatic amines is 1. The van der Waals surface area contributed by atoms with Crippen LogP contribution in [-0.4, -0.2) is 32.4 Å². The number of aryl methyl sites for hydroxylation is 2. The minimum atomic E-state index is -3.57. The second-order valence-corrected chi connectivity index (χ2v) is 8.28. The van der Waals surface area contributed by atoms with Crippen LogP contribution in [0.15, 0.2) is 53.4 Å². The summed E-state index contributed by atoms with van der Waals surface area (Å²) in [5.74, 6) is -0.141. The predicted octanol–water partition coefficient (Wildman–Crippen LogP) is 2.42. The second-order valence-electron chi connectivity index (χ2n) is 6.51. The zero-order valence-electron chi connectivity index (χ0n) is 15.4. The summed E-state index contributed by atoms with van der Waals surface area (Å²) in [6, 6.07) is 14.5. The molecule has 6 nitrogen and oxygen atoms in total. The molecule has 0 aliphatic carbocycles. The standard InChI is InChI=1S/C20H23N3O3S/c1-14-7-9-16(10-8-14)27(25,26)22-12-11-21-20(24)13-18-15(2)23-19-6-4-3-5-17(18)19/h3-10,22-23H,11-13H2,1-2H3,(H,21,24). The van der Waals surface area contributed by atoms with Gasteiger partial charge in [0, 0.05) is 29.7 Å². The number of rotatable bonds is 7. The first-order valence-electron chi connectivity index (χ1n) is 8.76. The molecule has 0 saturated heterocycles. The molecular formula is C20H23N3O3S. The van der Waals surface area contributed by atoms with Gasteiger partial charge in [-0.05, 0) is 37.6 Å². The molecule has 142 valence electrons. The van der Waals surface area contributed by atoms with Gasteiger partial charge in [0.25, 0.3) is 0 Å². The summed E-state index contributed by atoms with van der Waals surface area (Å²) in [7, 11) is -3.57. The third-order valence-electron chi connectivity index (χ3n) is 4.43. The molecule has 1 aromatic heterocycles. The van der Waals surface area contributed by atoms with E-state index in [1.165, 1.54) is 0 Å². The first kappa shape index (κ1) is 19.1. The van der Waals surface area contributed by atoms with Crippen molar-refractivity contribution in [3.8, 4) is 0 Å². The molecule has 1 amide bonds. The number of nitrogens with one attached hydrogen (secondary N) is 3. The third kappa shape index (κ3) is 4.56. The Morgan fingerprint density at radius 1 is 1.00 bits per heavy atom. The van der Waals surface area contributed by atoms with Crippen LogP contribution in [0, 0.1) is 13.8 Å². The Bertz CT molecular complexity index is 1050. The fourth-order valence-electron chi connectivity index (χ4n) is 2.97. The average Bonchev–Trinajstić information content (AvgIpc) is 2.95. The van der Waals surface area contributed by atoms with Gasteiger partial charge >= 0.3 is 0 Å². The molecule has 0 spiro atoms. The summed E-state index contributed by atoms with van der Waals surface area (Å²) in [5, 5.41) is 3.80. The maximum absolute atomic E-state index is 12.2. The number of H-pyrrole nitrogens is 1. The van der Waals surface area contributed by atoms with Gasteiger partial charge in [0.15, 0.2) is 0 Å². The van der Waals surface area contributed by atoms with Crippen molar-refractivity contribution >= 4 is 26.8 Å². The molecule has 0 saturated carbocycles. The van der Waals surface area contributed by atoms with E-state index in [0.717, 1.165) is 27.7 Å². The molecule has 2 aromatic carbocycles. The zero-order valence-corrected chi connectivity index (χ0v) is 16.2. The third-order valence-corrected chi connectivity index (χ3v) is 5.91. The van der Waals surface area contributed by atoms with Crippen LogP contribution in [0.2, 0.25) is 0 Å². The van der Waals surface area contributed by atoms with E-state index in [-0.39, 0.29) is 30.3 Å². The van der Waals surface area contributed by atoms with Crippen molar-refractivity contribution in [3.63, 3.8) is 0 Å². The molecule has 0 unspecified atom stereocenters. The average molecular weight is 385 g/mol. The fraction of sp³-hybridized carbons (Fsp3) is 0.250. The van der Waals surface area contributed by atoms with Crippen molar-refractivity contribution < 1.29 is 13.2 Å². The van der Waals surface area contributed by atoms with E-state index in [9.17, 15) is 13.2 Å². The molecular weight excluding hydrogens is 362 g/mol. The van der Waals surface area contributed by atoms with E-state index in [2.05, 4.69) is 15.0 Å². The van der Waals surface area contributed by atoms with Crippen LogP contribution in [0.25, 0.3) is 10.9 Å². The largest absolute Gasteiger partial charge is 0.358 e. The van der Waals surface area contributed by atoms with E-state index < -0.39 is 10.0 Å². The Morgan fingerprint density at radius 2 is 1.70 bits per heavy atom. The van der Waals surface area contributed by atoms with E-state index in [4.69, 9.17) is 0 Å². The molecule has 3 rings (SSSR count). The molecule has 0 aliphatic rings. The van der Waals surface area contributed by atoms with Gasteiger partial charge in [0.2, 0.25) is 15.9 Å². The topological polar surface area (TPSA) is 91.1 Å². The summed E-state index contributed by atoms with van der Waals surface area (Å²) in [4.78, 5) is 15.7. The Hall–Kier alpha value is -2.64. The van der Waals surface area contributed by atoms with Gasteiger partial charge in [-0.2, -0.15) is 0 Å². The summed E-state index contributed by atoms with van der Waals surface area (Å²) in [6.45, 7) is 4.20. The lowest BCUT2D eigenvalue weighted by molar-refractivity contribution is -0.120. The lowest BCUT2D eigenvalue weighted by Crippen LogP contribution is -2.35. The highest BCUT2D eigenvalue weighted by atomic mass is 32.2. The first-order valence-corrected chi connectivity index (χ1v) is 10.2. The number of hydrogen-bond acceptors (Lipinski definition) is 3. The number of hydrogen-bond donors (Lipinski definition) is 3. The number of benzene rings is 2. The molecule has 0 fully saturated rings. The minimum absolute atomic E-state index is 0.134. The Labute approximate surface area is 159 Å². The molecule has 1 heterocycles. The van der Waals surface area contributed by atoms with Crippen LogP contribution in [0.4, 0.5) is 0 Å². The normalized spacial score (nSPS) is 11.6. The van der Waals surface area contributed by atoms with Gasteiger partial charge in [-0.15, -0.1) is 0 Å². The smallest absolute Gasteiger partial charge is 0.240 e. The van der Waals surface area contributed by atoms with Crippen molar-refractivity contribution in [2.24, 2.45) is 0 Å². The quantitative estimate of drug-likeness (QED) is 0.546. The number of carbonyl (C=O) groups excluding carboxylic acids is 1. The molecule has 0 atom stereocenters. The molecule has 3 N–H and O–H groups in total. The van der Waals surface area contributed by atoms with Crippen molar-refractivity contribution in [1.29, 1.82) is 0 Å². The monoisotopic (exact) mass is 385 g/mol. The van der Waals surface area contributed by atoms with Crippen LogP contribution in [0.5, 0.6) is 0 Å². The SMILES string of the molecule is Cc1ccc(S(=O)(=O)NCCNC(=O)Cc2c(C)[nH]c3ccccc23)cc1. The van der Waals surface area contributed by atoms with Crippen molar-refractivity contribution in [2.45, 2.75) is 25.2 Å². The molecule has 0 radical (unpaired) electrons. The lowest BCUT2D eigenvalue weighted by atomic mass is 10.1. The zero-order chi connectivity index (χ0) is 19.4. The molecule has 0 aliphatic heterocycles.